The van der Waals surface area contributed by atoms with Gasteiger partial charge < -0.3 is 0 Å². The average Bonchev–Trinajstić information content (AvgIpc) is 2.64. The van der Waals surface area contributed by atoms with Crippen LogP contribution < -0.4 is 0 Å². The van der Waals surface area contributed by atoms with Gasteiger partial charge in [-0.15, -0.1) is 11.3 Å². The van der Waals surface area contributed by atoms with Crippen molar-refractivity contribution in [3.63, 3.8) is 0 Å². The molecular formula is C10H5ClF3NS. The van der Waals surface area contributed by atoms with Gasteiger partial charge in [-0.05, 0) is 6.07 Å². The highest BCUT2D eigenvalue weighted by atomic mass is 35.5. The molecule has 0 fully saturated rings. The lowest BCUT2D eigenvalue weighted by Gasteiger charge is -2.10. The highest BCUT2D eigenvalue weighted by molar-refractivity contribution is 7.13. The lowest BCUT2D eigenvalue weighted by Crippen LogP contribution is -2.06. The fourth-order valence-corrected chi connectivity index (χ4v) is 2.28. The van der Waals surface area contributed by atoms with Gasteiger partial charge in [-0.2, -0.15) is 13.2 Å². The number of hydrogen-bond donors (Lipinski definition) is 0. The third kappa shape index (κ3) is 2.20. The summed E-state index contributed by atoms with van der Waals surface area (Å²) in [5.74, 6) is 0. The van der Waals surface area contributed by atoms with Crippen molar-refractivity contribution in [1.29, 1.82) is 0 Å². The van der Waals surface area contributed by atoms with E-state index in [9.17, 15) is 13.2 Å². The second-order valence-electron chi connectivity index (χ2n) is 3.02. The molecule has 0 aliphatic carbocycles. The fraction of sp³-hybridized carbons (Fsp3) is 0.100. The monoisotopic (exact) mass is 263 g/mol. The van der Waals surface area contributed by atoms with Crippen LogP contribution in [0, 0.1) is 0 Å². The summed E-state index contributed by atoms with van der Waals surface area (Å²) in [7, 11) is 0. The van der Waals surface area contributed by atoms with E-state index in [-0.39, 0.29) is 15.7 Å². The molecule has 0 saturated heterocycles. The summed E-state index contributed by atoms with van der Waals surface area (Å²) in [5, 5.41) is 1.99. The molecule has 0 bridgehead atoms. The predicted molar refractivity (Wildman–Crippen MR) is 57.6 cm³/mol. The Morgan fingerprint density at radius 2 is 1.88 bits per heavy atom. The van der Waals surface area contributed by atoms with E-state index in [1.165, 1.54) is 17.5 Å². The molecule has 0 atom stereocenters. The van der Waals surface area contributed by atoms with Gasteiger partial charge in [0.1, 0.15) is 10.2 Å². The van der Waals surface area contributed by atoms with Crippen LogP contribution in [0.15, 0.2) is 29.6 Å². The average molecular weight is 264 g/mol. The molecule has 0 amide bonds. The predicted octanol–water partition coefficient (Wildman–Crippen LogP) is 4.48. The maximum atomic E-state index is 12.7. The van der Waals surface area contributed by atoms with Gasteiger partial charge in [0.25, 0.3) is 0 Å². The molecular weight excluding hydrogens is 259 g/mol. The largest absolute Gasteiger partial charge is 0.417 e. The zero-order valence-electron chi connectivity index (χ0n) is 7.75. The van der Waals surface area contributed by atoms with Crippen LogP contribution in [0.5, 0.6) is 0 Å². The van der Waals surface area contributed by atoms with E-state index in [2.05, 4.69) is 4.98 Å². The summed E-state index contributed by atoms with van der Waals surface area (Å²) in [4.78, 5) is 3.84. The lowest BCUT2D eigenvalue weighted by atomic mass is 10.1. The van der Waals surface area contributed by atoms with E-state index in [0.29, 0.717) is 0 Å². The summed E-state index contributed by atoms with van der Waals surface area (Å²) in [6.07, 6.45) is -4.38. The lowest BCUT2D eigenvalue weighted by molar-refractivity contribution is -0.137. The summed E-state index contributed by atoms with van der Waals surface area (Å²) >= 11 is 6.68. The van der Waals surface area contributed by atoms with Crippen LogP contribution in [0.4, 0.5) is 13.2 Å². The van der Waals surface area contributed by atoms with Crippen molar-refractivity contribution in [3.8, 4) is 10.6 Å². The van der Waals surface area contributed by atoms with Crippen LogP contribution in [0.3, 0.4) is 0 Å². The highest BCUT2D eigenvalue weighted by Gasteiger charge is 2.33. The van der Waals surface area contributed by atoms with Crippen LogP contribution in [0.2, 0.25) is 5.15 Å². The number of halogens is 4. The van der Waals surface area contributed by atoms with Crippen molar-refractivity contribution >= 4 is 22.9 Å². The van der Waals surface area contributed by atoms with E-state index in [1.54, 1.807) is 6.07 Å². The first-order chi connectivity index (χ1) is 7.48. The molecule has 1 aromatic carbocycles. The second-order valence-corrected chi connectivity index (χ2v) is 4.26. The molecule has 1 nitrogen and oxygen atoms in total. The molecule has 2 aromatic rings. The number of rotatable bonds is 1. The minimum Gasteiger partial charge on any atom is -0.224 e. The number of nitrogens with zero attached hydrogens (tertiary/aromatic N) is 1. The maximum Gasteiger partial charge on any atom is 0.417 e. The van der Waals surface area contributed by atoms with E-state index in [1.807, 2.05) is 0 Å². The number of alkyl halides is 3. The SMILES string of the molecule is FC(F)(F)c1ccccc1-c1nc(Cl)cs1. The molecule has 2 rings (SSSR count). The van der Waals surface area contributed by atoms with Gasteiger partial charge in [0, 0.05) is 10.9 Å². The Labute approximate surface area is 98.5 Å². The molecule has 0 aliphatic rings. The van der Waals surface area contributed by atoms with Crippen molar-refractivity contribution in [3.05, 3.63) is 40.4 Å². The molecule has 1 heterocycles. The molecule has 0 N–H and O–H groups in total. The van der Waals surface area contributed by atoms with Crippen molar-refractivity contribution < 1.29 is 13.2 Å². The van der Waals surface area contributed by atoms with Crippen LogP contribution in [-0.4, -0.2) is 4.98 Å². The first-order valence-electron chi connectivity index (χ1n) is 4.26. The number of benzene rings is 1. The molecule has 16 heavy (non-hydrogen) atoms. The Hall–Kier alpha value is -1.07. The van der Waals surface area contributed by atoms with Crippen molar-refractivity contribution in [1.82, 2.24) is 4.98 Å². The molecule has 84 valence electrons. The third-order valence-corrected chi connectivity index (χ3v) is 3.14. The minimum absolute atomic E-state index is 0.0619. The van der Waals surface area contributed by atoms with E-state index in [4.69, 9.17) is 11.6 Å². The summed E-state index contributed by atoms with van der Waals surface area (Å²) in [6, 6.07) is 5.31. The first kappa shape index (κ1) is 11.4. The van der Waals surface area contributed by atoms with E-state index in [0.717, 1.165) is 17.4 Å². The fourth-order valence-electron chi connectivity index (χ4n) is 1.29. The number of hydrogen-bond acceptors (Lipinski definition) is 2. The van der Waals surface area contributed by atoms with Gasteiger partial charge in [-0.25, -0.2) is 4.98 Å². The molecule has 0 aliphatic heterocycles. The van der Waals surface area contributed by atoms with Crippen LogP contribution in [-0.2, 0) is 6.18 Å². The number of thiazole rings is 1. The van der Waals surface area contributed by atoms with E-state index < -0.39 is 11.7 Å². The first-order valence-corrected chi connectivity index (χ1v) is 5.52. The summed E-state index contributed by atoms with van der Waals surface area (Å²) in [6.45, 7) is 0. The molecule has 0 spiro atoms. The Bertz CT molecular complexity index is 507. The van der Waals surface area contributed by atoms with Crippen LogP contribution in [0.25, 0.3) is 10.6 Å². The van der Waals surface area contributed by atoms with E-state index >= 15 is 0 Å². The Kier molecular flexibility index (Phi) is 2.90. The molecule has 1 aromatic heterocycles. The summed E-state index contributed by atoms with van der Waals surface area (Å²) in [5.41, 5.74) is -0.632. The van der Waals surface area contributed by atoms with Crippen molar-refractivity contribution in [2.24, 2.45) is 0 Å². The number of aromatic nitrogens is 1. The molecule has 0 unspecified atom stereocenters. The summed E-state index contributed by atoms with van der Waals surface area (Å²) < 4.78 is 38.1. The van der Waals surface area contributed by atoms with Gasteiger partial charge in [0.05, 0.1) is 5.56 Å². The molecule has 6 heteroatoms. The Morgan fingerprint density at radius 1 is 1.19 bits per heavy atom. The van der Waals surface area contributed by atoms with Gasteiger partial charge >= 0.3 is 6.18 Å². The van der Waals surface area contributed by atoms with Gasteiger partial charge in [-0.3, -0.25) is 0 Å². The normalized spacial score (nSPS) is 11.8. The smallest absolute Gasteiger partial charge is 0.224 e. The molecule has 0 saturated carbocycles. The zero-order valence-corrected chi connectivity index (χ0v) is 9.33. The van der Waals surface area contributed by atoms with Crippen molar-refractivity contribution in [2.75, 3.05) is 0 Å². The highest BCUT2D eigenvalue weighted by Crippen LogP contribution is 2.38. The minimum atomic E-state index is -4.38. The maximum absolute atomic E-state index is 12.7. The Balaban J connectivity index is 2.57. The van der Waals surface area contributed by atoms with Gasteiger partial charge in [0.15, 0.2) is 0 Å². The van der Waals surface area contributed by atoms with Crippen LogP contribution >= 0.6 is 22.9 Å². The standard InChI is InChI=1S/C10H5ClF3NS/c11-8-5-16-9(15-8)6-3-1-2-4-7(6)10(12,13)14/h1-5H. The van der Waals surface area contributed by atoms with Crippen molar-refractivity contribution in [2.45, 2.75) is 6.18 Å². The molecule has 0 radical (unpaired) electrons. The Morgan fingerprint density at radius 3 is 2.44 bits per heavy atom. The quantitative estimate of drug-likeness (QED) is 0.739. The third-order valence-electron chi connectivity index (χ3n) is 1.94. The van der Waals surface area contributed by atoms with Gasteiger partial charge in [-0.1, -0.05) is 29.8 Å². The topological polar surface area (TPSA) is 12.9 Å². The van der Waals surface area contributed by atoms with Crippen LogP contribution in [0.1, 0.15) is 5.56 Å². The van der Waals surface area contributed by atoms with Gasteiger partial charge in [0.2, 0.25) is 0 Å². The second kappa shape index (κ2) is 4.07. The zero-order chi connectivity index (χ0) is 11.8.